The highest BCUT2D eigenvalue weighted by Crippen LogP contribution is 1.99. The minimum absolute atomic E-state index is 0.0461. The van der Waals surface area contributed by atoms with Crippen LogP contribution in [0.15, 0.2) is 24.9 Å². The highest BCUT2D eigenvalue weighted by molar-refractivity contribution is 5.41. The van der Waals surface area contributed by atoms with Gasteiger partial charge < -0.3 is 5.11 Å². The van der Waals surface area contributed by atoms with Crippen LogP contribution in [-0.4, -0.2) is 10.1 Å². The summed E-state index contributed by atoms with van der Waals surface area (Å²) in [7, 11) is 0. The Hall–Kier alpha value is -1.15. The van der Waals surface area contributed by atoms with Crippen LogP contribution < -0.4 is 0 Å². The summed E-state index contributed by atoms with van der Waals surface area (Å²) in [6.45, 7) is 3.61. The molecule has 0 unspecified atom stereocenters. The first-order valence-corrected chi connectivity index (χ1v) is 3.05. The average molecular weight is 135 g/mol. The molecule has 52 valence electrons. The standard InChI is InChI=1S/C8H9NO/c1-2-8-4-3-7(6-10)5-9-8/h2-5,10H,1,6H2. The molecule has 2 nitrogen and oxygen atoms in total. The van der Waals surface area contributed by atoms with Crippen LogP contribution in [0.3, 0.4) is 0 Å². The van der Waals surface area contributed by atoms with Gasteiger partial charge in [0, 0.05) is 6.20 Å². The molecule has 0 amide bonds. The predicted molar refractivity (Wildman–Crippen MR) is 40.3 cm³/mol. The van der Waals surface area contributed by atoms with E-state index in [2.05, 4.69) is 11.6 Å². The summed E-state index contributed by atoms with van der Waals surface area (Å²) in [4.78, 5) is 3.99. The predicted octanol–water partition coefficient (Wildman–Crippen LogP) is 1.22. The van der Waals surface area contributed by atoms with E-state index in [9.17, 15) is 0 Å². The zero-order valence-corrected chi connectivity index (χ0v) is 5.62. The maximum Gasteiger partial charge on any atom is 0.0696 e. The second kappa shape index (κ2) is 3.13. The van der Waals surface area contributed by atoms with Crippen molar-refractivity contribution in [1.29, 1.82) is 0 Å². The van der Waals surface area contributed by atoms with E-state index >= 15 is 0 Å². The number of nitrogens with zero attached hydrogens (tertiary/aromatic N) is 1. The summed E-state index contributed by atoms with van der Waals surface area (Å²) >= 11 is 0. The molecule has 1 aromatic rings. The maximum absolute atomic E-state index is 8.64. The molecule has 0 atom stereocenters. The molecule has 1 aromatic heterocycles. The van der Waals surface area contributed by atoms with Gasteiger partial charge in [0.15, 0.2) is 0 Å². The summed E-state index contributed by atoms with van der Waals surface area (Å²) < 4.78 is 0. The molecule has 2 heteroatoms. The van der Waals surface area contributed by atoms with E-state index in [1.165, 1.54) is 0 Å². The number of aliphatic hydroxyl groups excluding tert-OH is 1. The normalized spacial score (nSPS) is 9.30. The van der Waals surface area contributed by atoms with Crippen molar-refractivity contribution in [2.75, 3.05) is 0 Å². The van der Waals surface area contributed by atoms with Gasteiger partial charge in [-0.2, -0.15) is 0 Å². The van der Waals surface area contributed by atoms with Crippen molar-refractivity contribution in [1.82, 2.24) is 4.98 Å². The van der Waals surface area contributed by atoms with Gasteiger partial charge in [-0.25, -0.2) is 0 Å². The first-order chi connectivity index (χ1) is 4.86. The lowest BCUT2D eigenvalue weighted by molar-refractivity contribution is 0.281. The monoisotopic (exact) mass is 135 g/mol. The van der Waals surface area contributed by atoms with Gasteiger partial charge in [0.05, 0.1) is 12.3 Å². The molecule has 0 aromatic carbocycles. The molecule has 1 rings (SSSR count). The van der Waals surface area contributed by atoms with Crippen LogP contribution in [-0.2, 0) is 6.61 Å². The third-order valence-corrected chi connectivity index (χ3v) is 1.24. The molecule has 0 saturated heterocycles. The van der Waals surface area contributed by atoms with E-state index in [0.29, 0.717) is 0 Å². The van der Waals surface area contributed by atoms with E-state index in [4.69, 9.17) is 5.11 Å². The Bertz CT molecular complexity index is 215. The summed E-state index contributed by atoms with van der Waals surface area (Å²) in [5.74, 6) is 0. The molecule has 0 saturated carbocycles. The molecule has 0 bridgehead atoms. The van der Waals surface area contributed by atoms with E-state index in [-0.39, 0.29) is 6.61 Å². The lowest BCUT2D eigenvalue weighted by Gasteiger charge is -1.94. The quantitative estimate of drug-likeness (QED) is 0.661. The third kappa shape index (κ3) is 1.42. The molecular formula is C8H9NO. The van der Waals surface area contributed by atoms with Crippen molar-refractivity contribution in [2.24, 2.45) is 0 Å². The van der Waals surface area contributed by atoms with Crippen molar-refractivity contribution in [2.45, 2.75) is 6.61 Å². The van der Waals surface area contributed by atoms with Crippen LogP contribution >= 0.6 is 0 Å². The molecule has 0 fully saturated rings. The minimum atomic E-state index is 0.0461. The van der Waals surface area contributed by atoms with Crippen LogP contribution in [0.1, 0.15) is 11.3 Å². The van der Waals surface area contributed by atoms with Gasteiger partial charge in [-0.3, -0.25) is 4.98 Å². The van der Waals surface area contributed by atoms with Crippen LogP contribution in [0.5, 0.6) is 0 Å². The van der Waals surface area contributed by atoms with Gasteiger partial charge >= 0.3 is 0 Å². The topological polar surface area (TPSA) is 33.1 Å². The molecule has 0 spiro atoms. The number of rotatable bonds is 2. The van der Waals surface area contributed by atoms with Gasteiger partial charge in [0.25, 0.3) is 0 Å². The van der Waals surface area contributed by atoms with E-state index in [1.54, 1.807) is 12.3 Å². The van der Waals surface area contributed by atoms with Gasteiger partial charge in [-0.15, -0.1) is 0 Å². The Morgan fingerprint density at radius 1 is 1.60 bits per heavy atom. The zero-order valence-electron chi connectivity index (χ0n) is 5.62. The first kappa shape index (κ1) is 6.96. The van der Waals surface area contributed by atoms with Gasteiger partial charge in [-0.1, -0.05) is 12.6 Å². The summed E-state index contributed by atoms with van der Waals surface area (Å²) in [5.41, 5.74) is 1.66. The smallest absolute Gasteiger partial charge is 0.0696 e. The second-order valence-corrected chi connectivity index (χ2v) is 1.95. The number of aromatic nitrogens is 1. The van der Waals surface area contributed by atoms with E-state index in [0.717, 1.165) is 11.3 Å². The zero-order chi connectivity index (χ0) is 7.40. The fourth-order valence-corrected chi connectivity index (χ4v) is 0.650. The highest BCUT2D eigenvalue weighted by Gasteiger charge is 1.88. The molecule has 0 aliphatic carbocycles. The average Bonchev–Trinajstić information content (AvgIpc) is 2.05. The van der Waals surface area contributed by atoms with Crippen LogP contribution in [0.4, 0.5) is 0 Å². The molecular weight excluding hydrogens is 126 g/mol. The Kier molecular flexibility index (Phi) is 2.18. The van der Waals surface area contributed by atoms with Crippen LogP contribution in [0.25, 0.3) is 6.08 Å². The molecule has 10 heavy (non-hydrogen) atoms. The molecule has 0 radical (unpaired) electrons. The Morgan fingerprint density at radius 2 is 2.40 bits per heavy atom. The fourth-order valence-electron chi connectivity index (χ4n) is 0.650. The Labute approximate surface area is 59.9 Å². The fraction of sp³-hybridized carbons (Fsp3) is 0.125. The maximum atomic E-state index is 8.64. The lowest BCUT2D eigenvalue weighted by Crippen LogP contribution is -1.85. The van der Waals surface area contributed by atoms with Gasteiger partial charge in [0.1, 0.15) is 0 Å². The minimum Gasteiger partial charge on any atom is -0.392 e. The summed E-state index contributed by atoms with van der Waals surface area (Å²) in [6.07, 6.45) is 3.30. The Morgan fingerprint density at radius 3 is 2.80 bits per heavy atom. The molecule has 1 N–H and O–H groups in total. The number of hydrogen-bond acceptors (Lipinski definition) is 2. The Balaban J connectivity index is 2.90. The third-order valence-electron chi connectivity index (χ3n) is 1.24. The van der Waals surface area contributed by atoms with Crippen molar-refractivity contribution < 1.29 is 5.11 Å². The number of hydrogen-bond donors (Lipinski definition) is 1. The van der Waals surface area contributed by atoms with Crippen molar-refractivity contribution >= 4 is 6.08 Å². The van der Waals surface area contributed by atoms with Crippen LogP contribution in [0.2, 0.25) is 0 Å². The van der Waals surface area contributed by atoms with Crippen LogP contribution in [0, 0.1) is 0 Å². The largest absolute Gasteiger partial charge is 0.392 e. The molecule has 0 aliphatic heterocycles. The number of pyridine rings is 1. The van der Waals surface area contributed by atoms with Gasteiger partial charge in [0.2, 0.25) is 0 Å². The lowest BCUT2D eigenvalue weighted by atomic mass is 10.2. The van der Waals surface area contributed by atoms with Crippen molar-refractivity contribution in [3.63, 3.8) is 0 Å². The highest BCUT2D eigenvalue weighted by atomic mass is 16.3. The van der Waals surface area contributed by atoms with E-state index in [1.807, 2.05) is 12.1 Å². The molecule has 1 heterocycles. The second-order valence-electron chi connectivity index (χ2n) is 1.95. The van der Waals surface area contributed by atoms with Crippen molar-refractivity contribution in [3.05, 3.63) is 36.2 Å². The number of aliphatic hydroxyl groups is 1. The SMILES string of the molecule is C=Cc1ccc(CO)cn1. The molecule has 0 aliphatic rings. The van der Waals surface area contributed by atoms with Gasteiger partial charge in [-0.05, 0) is 17.7 Å². The van der Waals surface area contributed by atoms with Crippen molar-refractivity contribution in [3.8, 4) is 0 Å². The summed E-state index contributed by atoms with van der Waals surface area (Å²) in [6, 6.07) is 3.64. The summed E-state index contributed by atoms with van der Waals surface area (Å²) in [5, 5.41) is 8.64. The first-order valence-electron chi connectivity index (χ1n) is 3.05. The van der Waals surface area contributed by atoms with E-state index < -0.39 is 0 Å².